The molecule has 76 heavy (non-hydrogen) atoms. The number of hydrogen-bond donors (Lipinski definition) is 3. The van der Waals surface area contributed by atoms with Crippen LogP contribution in [0.5, 0.6) is 0 Å². The Morgan fingerprint density at radius 2 is 0.618 bits per heavy atom. The molecule has 0 aromatic heterocycles. The topological polar surface area (TPSA) is 95.9 Å². The van der Waals surface area contributed by atoms with Crippen molar-refractivity contribution in [2.24, 2.45) is 0 Å². The summed E-state index contributed by atoms with van der Waals surface area (Å²) in [4.78, 5) is 24.5. The summed E-state index contributed by atoms with van der Waals surface area (Å²) in [5.74, 6) is -0.00957. The highest BCUT2D eigenvalue weighted by Crippen LogP contribution is 2.19. The minimum atomic E-state index is -0.660. The molecule has 452 valence electrons. The molecule has 2 atom stereocenters. The van der Waals surface area contributed by atoms with Crippen LogP contribution in [-0.4, -0.2) is 47.4 Å². The molecular weight excluding hydrogens is 935 g/mol. The van der Waals surface area contributed by atoms with Crippen LogP contribution < -0.4 is 5.32 Å². The first kappa shape index (κ1) is 74.6. The molecule has 2 unspecified atom stereocenters. The lowest BCUT2D eigenvalue weighted by Gasteiger charge is -2.22. The van der Waals surface area contributed by atoms with E-state index in [0.29, 0.717) is 25.9 Å². The number of allylic oxidation sites excluding steroid dienone is 2. The lowest BCUT2D eigenvalue weighted by atomic mass is 10.0. The van der Waals surface area contributed by atoms with Crippen molar-refractivity contribution >= 4 is 11.9 Å². The van der Waals surface area contributed by atoms with Gasteiger partial charge in [0.15, 0.2) is 0 Å². The van der Waals surface area contributed by atoms with Gasteiger partial charge in [-0.2, -0.15) is 0 Å². The Labute approximate surface area is 476 Å². The maximum atomic E-state index is 12.4. The van der Waals surface area contributed by atoms with Crippen molar-refractivity contribution in [2.75, 3.05) is 13.2 Å². The summed E-state index contributed by atoms with van der Waals surface area (Å²) in [6.07, 6.45) is 81.3. The molecule has 0 radical (unpaired) electrons. The summed E-state index contributed by atoms with van der Waals surface area (Å²) in [7, 11) is 0. The number of carbonyl (C=O) groups excluding carboxylic acids is 2. The van der Waals surface area contributed by atoms with Crippen molar-refractivity contribution in [1.82, 2.24) is 5.32 Å². The number of ether oxygens (including phenoxy) is 1. The molecule has 0 fully saturated rings. The Hall–Kier alpha value is -1.40. The molecule has 0 bridgehead atoms. The van der Waals surface area contributed by atoms with Crippen LogP contribution in [-0.2, 0) is 14.3 Å². The minimum absolute atomic E-state index is 0.0229. The third kappa shape index (κ3) is 61.8. The van der Waals surface area contributed by atoms with Crippen LogP contribution in [0.1, 0.15) is 399 Å². The standard InChI is InChI=1S/C70H137NO5/c1-3-5-7-9-11-13-15-16-17-18-35-38-41-44-48-52-56-60-64-70(75)76-65-61-57-53-49-45-42-39-36-33-31-29-27-25-23-21-19-20-22-24-26-28-30-32-34-37-40-43-47-51-55-59-63-69(74)71-67(66-72)68(73)62-58-54-50-46-14-12-10-8-6-4-2/h21,23,67-68,72-73H,3-20,22,24-66H2,1-2H3,(H,71,74)/b23-21-. The van der Waals surface area contributed by atoms with Crippen molar-refractivity contribution in [1.29, 1.82) is 0 Å². The van der Waals surface area contributed by atoms with E-state index in [4.69, 9.17) is 4.74 Å². The Kier molecular flexibility index (Phi) is 64.9. The van der Waals surface area contributed by atoms with E-state index in [9.17, 15) is 19.8 Å². The molecule has 3 N–H and O–H groups in total. The van der Waals surface area contributed by atoms with Crippen molar-refractivity contribution in [2.45, 2.75) is 411 Å². The lowest BCUT2D eigenvalue weighted by Crippen LogP contribution is -2.45. The first-order valence-corrected chi connectivity index (χ1v) is 34.9. The molecule has 0 aliphatic rings. The van der Waals surface area contributed by atoms with Gasteiger partial charge in [-0.05, 0) is 51.4 Å². The van der Waals surface area contributed by atoms with Crippen LogP contribution >= 0.6 is 0 Å². The molecule has 0 aromatic rings. The van der Waals surface area contributed by atoms with E-state index in [-0.39, 0.29) is 18.5 Å². The second-order valence-electron chi connectivity index (χ2n) is 24.2. The minimum Gasteiger partial charge on any atom is -0.466 e. The highest BCUT2D eigenvalue weighted by Gasteiger charge is 2.20. The monoisotopic (exact) mass is 1070 g/mol. The predicted octanol–water partition coefficient (Wildman–Crippen LogP) is 22.4. The van der Waals surface area contributed by atoms with E-state index in [0.717, 1.165) is 38.5 Å². The van der Waals surface area contributed by atoms with Crippen molar-refractivity contribution in [3.63, 3.8) is 0 Å². The van der Waals surface area contributed by atoms with Crippen LogP contribution in [0, 0.1) is 0 Å². The number of carbonyl (C=O) groups is 2. The lowest BCUT2D eigenvalue weighted by molar-refractivity contribution is -0.143. The molecule has 0 aromatic carbocycles. The van der Waals surface area contributed by atoms with E-state index in [1.807, 2.05) is 0 Å². The molecule has 0 heterocycles. The largest absolute Gasteiger partial charge is 0.466 e. The zero-order valence-electron chi connectivity index (χ0n) is 51.8. The van der Waals surface area contributed by atoms with Gasteiger partial charge in [0.05, 0.1) is 25.4 Å². The van der Waals surface area contributed by atoms with Crippen molar-refractivity contribution in [3.05, 3.63) is 12.2 Å². The normalized spacial score (nSPS) is 12.5. The molecule has 0 aliphatic heterocycles. The third-order valence-electron chi connectivity index (χ3n) is 16.6. The van der Waals surface area contributed by atoms with Gasteiger partial charge in [0.1, 0.15) is 0 Å². The van der Waals surface area contributed by atoms with Crippen LogP contribution in [0.4, 0.5) is 0 Å². The van der Waals surface area contributed by atoms with Gasteiger partial charge in [-0.3, -0.25) is 9.59 Å². The van der Waals surface area contributed by atoms with Gasteiger partial charge in [0.2, 0.25) is 5.91 Å². The number of aliphatic hydroxyl groups is 2. The zero-order valence-corrected chi connectivity index (χ0v) is 51.8. The second kappa shape index (κ2) is 66.1. The quantitative estimate of drug-likeness (QED) is 0.0320. The van der Waals surface area contributed by atoms with Crippen molar-refractivity contribution in [3.8, 4) is 0 Å². The number of aliphatic hydroxyl groups excluding tert-OH is 2. The summed E-state index contributed by atoms with van der Waals surface area (Å²) < 4.78 is 5.51. The van der Waals surface area contributed by atoms with Gasteiger partial charge < -0.3 is 20.3 Å². The van der Waals surface area contributed by atoms with E-state index in [1.54, 1.807) is 0 Å². The predicted molar refractivity (Wildman–Crippen MR) is 333 cm³/mol. The van der Waals surface area contributed by atoms with E-state index < -0.39 is 12.1 Å². The van der Waals surface area contributed by atoms with Crippen LogP contribution in [0.15, 0.2) is 12.2 Å². The summed E-state index contributed by atoms with van der Waals surface area (Å²) in [6.45, 7) is 4.98. The Balaban J connectivity index is 3.31. The third-order valence-corrected chi connectivity index (χ3v) is 16.6. The first-order chi connectivity index (χ1) is 37.5. The van der Waals surface area contributed by atoms with Crippen molar-refractivity contribution < 1.29 is 24.5 Å². The highest BCUT2D eigenvalue weighted by molar-refractivity contribution is 5.76. The van der Waals surface area contributed by atoms with E-state index in [1.165, 1.54) is 327 Å². The number of unbranched alkanes of at least 4 members (excludes halogenated alkanes) is 53. The fourth-order valence-electron chi connectivity index (χ4n) is 11.2. The van der Waals surface area contributed by atoms with Gasteiger partial charge >= 0.3 is 5.97 Å². The average molecular weight is 1070 g/mol. The highest BCUT2D eigenvalue weighted by atomic mass is 16.5. The Bertz CT molecular complexity index is 1140. The maximum absolute atomic E-state index is 12.4. The summed E-state index contributed by atoms with van der Waals surface area (Å²) >= 11 is 0. The summed E-state index contributed by atoms with van der Waals surface area (Å²) in [6, 6.07) is -0.537. The Morgan fingerprint density at radius 3 is 0.934 bits per heavy atom. The number of rotatable bonds is 66. The maximum Gasteiger partial charge on any atom is 0.305 e. The molecule has 6 heteroatoms. The Morgan fingerprint density at radius 1 is 0.355 bits per heavy atom. The van der Waals surface area contributed by atoms with Crippen LogP contribution in [0.3, 0.4) is 0 Å². The van der Waals surface area contributed by atoms with Gasteiger partial charge in [0.25, 0.3) is 0 Å². The van der Waals surface area contributed by atoms with E-state index in [2.05, 4.69) is 31.3 Å². The van der Waals surface area contributed by atoms with Gasteiger partial charge in [-0.25, -0.2) is 0 Å². The number of esters is 1. The van der Waals surface area contributed by atoms with Crippen LogP contribution in [0.25, 0.3) is 0 Å². The smallest absolute Gasteiger partial charge is 0.305 e. The molecule has 1 amide bonds. The van der Waals surface area contributed by atoms with E-state index >= 15 is 0 Å². The SMILES string of the molecule is CCCCCCCCCCCCCCCCCCCCC(=O)OCCCCCCCCCCCCCC/C=C\CCCCCCCCCCCCCCCCCC(=O)NC(CO)C(O)CCCCCCCCCCCC. The fraction of sp³-hybridized carbons (Fsp3) is 0.943. The number of amides is 1. The van der Waals surface area contributed by atoms with Gasteiger partial charge in [0, 0.05) is 12.8 Å². The molecule has 0 saturated carbocycles. The summed E-state index contributed by atoms with van der Waals surface area (Å²) in [5.41, 5.74) is 0. The average Bonchev–Trinajstić information content (AvgIpc) is 3.42. The van der Waals surface area contributed by atoms with Crippen LogP contribution in [0.2, 0.25) is 0 Å². The summed E-state index contributed by atoms with van der Waals surface area (Å²) in [5, 5.41) is 23.2. The second-order valence-corrected chi connectivity index (χ2v) is 24.2. The van der Waals surface area contributed by atoms with Gasteiger partial charge in [-0.15, -0.1) is 0 Å². The molecule has 6 nitrogen and oxygen atoms in total. The first-order valence-electron chi connectivity index (χ1n) is 34.9. The molecule has 0 spiro atoms. The number of nitrogens with one attached hydrogen (secondary N) is 1. The molecule has 0 saturated heterocycles. The molecule has 0 rings (SSSR count). The molecular formula is C70H137NO5. The zero-order chi connectivity index (χ0) is 55.0. The number of hydrogen-bond acceptors (Lipinski definition) is 5. The molecule has 0 aliphatic carbocycles. The fourth-order valence-corrected chi connectivity index (χ4v) is 11.2. The van der Waals surface area contributed by atoms with Gasteiger partial charge in [-0.1, -0.05) is 347 Å².